The Kier molecular flexibility index (Phi) is 7.32. The Hall–Kier alpha value is -3.40. The minimum atomic E-state index is -3.91. The number of para-hydroxylation sites is 1. The van der Waals surface area contributed by atoms with Gasteiger partial charge in [0.2, 0.25) is 0 Å². The number of hydrogen-bond donors (Lipinski definition) is 2. The van der Waals surface area contributed by atoms with Gasteiger partial charge in [0.15, 0.2) is 6.61 Å². The van der Waals surface area contributed by atoms with Crippen LogP contribution in [0, 0.1) is 0 Å². The third-order valence-corrected chi connectivity index (χ3v) is 5.55. The predicted molar refractivity (Wildman–Crippen MR) is 106 cm³/mol. The van der Waals surface area contributed by atoms with Crippen LogP contribution in [0.4, 0.5) is 10.5 Å². The molecular formula is C19H21N3O6S. The molecule has 0 bridgehead atoms. The van der Waals surface area contributed by atoms with Crippen molar-refractivity contribution in [2.24, 2.45) is 0 Å². The standard InChI is InChI=1S/C19H21N3O6S/c1-3-20-19(25)21-17(23)13-28-18(24)14-8-7-11-16(12-14)29(26,27)22(2)15-9-5-4-6-10-15/h4-12H,3,13H2,1-2H3,(H2,20,21,23,25). The molecule has 2 rings (SSSR count). The first kappa shape index (κ1) is 21.9. The summed E-state index contributed by atoms with van der Waals surface area (Å²) in [7, 11) is -2.50. The zero-order valence-corrected chi connectivity index (χ0v) is 16.7. The molecule has 0 saturated carbocycles. The number of benzene rings is 2. The van der Waals surface area contributed by atoms with Gasteiger partial charge in [0.1, 0.15) is 0 Å². The van der Waals surface area contributed by atoms with E-state index < -0.39 is 34.5 Å². The van der Waals surface area contributed by atoms with E-state index in [1.54, 1.807) is 37.3 Å². The zero-order chi connectivity index (χ0) is 21.4. The Morgan fingerprint density at radius 2 is 1.72 bits per heavy atom. The zero-order valence-electron chi connectivity index (χ0n) is 15.9. The Labute approximate surface area is 168 Å². The molecule has 2 aromatic rings. The summed E-state index contributed by atoms with van der Waals surface area (Å²) in [6, 6.07) is 13.1. The number of hydrogen-bond acceptors (Lipinski definition) is 6. The molecule has 0 aliphatic carbocycles. The van der Waals surface area contributed by atoms with Gasteiger partial charge in [0, 0.05) is 13.6 Å². The van der Waals surface area contributed by atoms with Gasteiger partial charge in [-0.05, 0) is 37.3 Å². The van der Waals surface area contributed by atoms with E-state index in [4.69, 9.17) is 4.74 Å². The monoisotopic (exact) mass is 419 g/mol. The molecule has 0 spiro atoms. The van der Waals surface area contributed by atoms with Crippen LogP contribution in [0.25, 0.3) is 0 Å². The number of urea groups is 1. The fraction of sp³-hybridized carbons (Fsp3) is 0.211. The van der Waals surface area contributed by atoms with Crippen LogP contribution in [0.15, 0.2) is 59.5 Å². The quantitative estimate of drug-likeness (QED) is 0.656. The molecule has 0 atom stereocenters. The second kappa shape index (κ2) is 9.69. The van der Waals surface area contributed by atoms with Crippen LogP contribution >= 0.6 is 0 Å². The SMILES string of the molecule is CCNC(=O)NC(=O)COC(=O)c1cccc(S(=O)(=O)N(C)c2ccccc2)c1. The minimum absolute atomic E-state index is 0.0432. The van der Waals surface area contributed by atoms with E-state index in [2.05, 4.69) is 5.32 Å². The molecule has 0 unspecified atom stereocenters. The van der Waals surface area contributed by atoms with Crippen LogP contribution in [-0.2, 0) is 19.6 Å². The van der Waals surface area contributed by atoms with Crippen LogP contribution < -0.4 is 14.9 Å². The van der Waals surface area contributed by atoms with Crippen molar-refractivity contribution in [2.75, 3.05) is 24.5 Å². The van der Waals surface area contributed by atoms with Crippen LogP contribution in [-0.4, -0.2) is 46.5 Å². The number of anilines is 1. The summed E-state index contributed by atoms with van der Waals surface area (Å²) in [4.78, 5) is 34.9. The highest BCUT2D eigenvalue weighted by Gasteiger charge is 2.23. The van der Waals surface area contributed by atoms with Gasteiger partial charge in [0.05, 0.1) is 16.1 Å². The maximum Gasteiger partial charge on any atom is 0.338 e. The molecule has 2 N–H and O–H groups in total. The van der Waals surface area contributed by atoms with Crippen molar-refractivity contribution in [2.45, 2.75) is 11.8 Å². The lowest BCUT2D eigenvalue weighted by atomic mass is 10.2. The highest BCUT2D eigenvalue weighted by Crippen LogP contribution is 2.22. The van der Waals surface area contributed by atoms with Crippen molar-refractivity contribution in [3.05, 3.63) is 60.2 Å². The van der Waals surface area contributed by atoms with Crippen molar-refractivity contribution >= 4 is 33.6 Å². The molecule has 0 aromatic heterocycles. The van der Waals surface area contributed by atoms with Crippen molar-refractivity contribution in [1.29, 1.82) is 0 Å². The first-order valence-corrected chi connectivity index (χ1v) is 10.1. The number of rotatable bonds is 7. The summed E-state index contributed by atoms with van der Waals surface area (Å²) in [6.45, 7) is 1.33. The maximum atomic E-state index is 12.8. The Bertz CT molecular complexity index is 992. The van der Waals surface area contributed by atoms with Gasteiger partial charge >= 0.3 is 12.0 Å². The topological polar surface area (TPSA) is 122 Å². The number of imide groups is 1. The Balaban J connectivity index is 2.09. The summed E-state index contributed by atoms with van der Waals surface area (Å²) in [5.74, 6) is -1.70. The molecule has 0 saturated heterocycles. The highest BCUT2D eigenvalue weighted by atomic mass is 32.2. The van der Waals surface area contributed by atoms with Crippen molar-refractivity contribution < 1.29 is 27.5 Å². The molecule has 0 aliphatic heterocycles. The molecule has 0 aliphatic rings. The molecule has 3 amide bonds. The fourth-order valence-corrected chi connectivity index (χ4v) is 3.54. The van der Waals surface area contributed by atoms with Gasteiger partial charge < -0.3 is 10.1 Å². The van der Waals surface area contributed by atoms with Crippen molar-refractivity contribution in [3.8, 4) is 0 Å². The summed E-state index contributed by atoms with van der Waals surface area (Å²) in [6.07, 6.45) is 0. The first-order chi connectivity index (χ1) is 13.8. The van der Waals surface area contributed by atoms with Crippen LogP contribution in [0.3, 0.4) is 0 Å². The normalized spacial score (nSPS) is 10.7. The Morgan fingerprint density at radius 3 is 2.38 bits per heavy atom. The van der Waals surface area contributed by atoms with Crippen LogP contribution in [0.1, 0.15) is 17.3 Å². The van der Waals surface area contributed by atoms with Crippen LogP contribution in [0.5, 0.6) is 0 Å². The van der Waals surface area contributed by atoms with Gasteiger partial charge in [-0.25, -0.2) is 18.0 Å². The number of carbonyl (C=O) groups excluding carboxylic acids is 3. The first-order valence-electron chi connectivity index (χ1n) is 8.64. The number of carbonyl (C=O) groups is 3. The average molecular weight is 419 g/mol. The second-order valence-corrected chi connectivity index (χ2v) is 7.79. The maximum absolute atomic E-state index is 12.8. The summed E-state index contributed by atoms with van der Waals surface area (Å²) in [5.41, 5.74) is 0.417. The number of esters is 1. The van der Waals surface area contributed by atoms with E-state index in [0.29, 0.717) is 12.2 Å². The van der Waals surface area contributed by atoms with E-state index in [9.17, 15) is 22.8 Å². The molecule has 10 heteroatoms. The molecule has 0 fully saturated rings. The van der Waals surface area contributed by atoms with Gasteiger partial charge in [-0.3, -0.25) is 14.4 Å². The third kappa shape index (κ3) is 5.79. The summed E-state index contributed by atoms with van der Waals surface area (Å²) in [5, 5.41) is 4.35. The number of sulfonamides is 1. The molecule has 2 aromatic carbocycles. The molecule has 9 nitrogen and oxygen atoms in total. The lowest BCUT2D eigenvalue weighted by Crippen LogP contribution is -2.41. The van der Waals surface area contributed by atoms with Gasteiger partial charge in [0.25, 0.3) is 15.9 Å². The number of nitrogens with zero attached hydrogens (tertiary/aromatic N) is 1. The van der Waals surface area contributed by atoms with Gasteiger partial charge in [-0.1, -0.05) is 24.3 Å². The molecule has 29 heavy (non-hydrogen) atoms. The lowest BCUT2D eigenvalue weighted by Gasteiger charge is -2.19. The van der Waals surface area contributed by atoms with E-state index >= 15 is 0 Å². The van der Waals surface area contributed by atoms with E-state index in [-0.39, 0.29) is 10.5 Å². The van der Waals surface area contributed by atoms with E-state index in [1.807, 2.05) is 5.32 Å². The number of ether oxygens (including phenoxy) is 1. The van der Waals surface area contributed by atoms with E-state index in [1.165, 1.54) is 31.3 Å². The van der Waals surface area contributed by atoms with Gasteiger partial charge in [-0.2, -0.15) is 0 Å². The van der Waals surface area contributed by atoms with Gasteiger partial charge in [-0.15, -0.1) is 0 Å². The highest BCUT2D eigenvalue weighted by molar-refractivity contribution is 7.92. The third-order valence-electron chi connectivity index (χ3n) is 3.77. The largest absolute Gasteiger partial charge is 0.452 e. The molecular weight excluding hydrogens is 398 g/mol. The lowest BCUT2D eigenvalue weighted by molar-refractivity contribution is -0.123. The fourth-order valence-electron chi connectivity index (χ4n) is 2.30. The average Bonchev–Trinajstić information content (AvgIpc) is 2.72. The van der Waals surface area contributed by atoms with E-state index in [0.717, 1.165) is 4.31 Å². The summed E-state index contributed by atoms with van der Waals surface area (Å²) >= 11 is 0. The Morgan fingerprint density at radius 1 is 1.03 bits per heavy atom. The molecule has 0 radical (unpaired) electrons. The van der Waals surface area contributed by atoms with Crippen molar-refractivity contribution in [3.63, 3.8) is 0 Å². The minimum Gasteiger partial charge on any atom is -0.452 e. The predicted octanol–water partition coefficient (Wildman–Crippen LogP) is 1.51. The molecule has 154 valence electrons. The molecule has 0 heterocycles. The van der Waals surface area contributed by atoms with Crippen molar-refractivity contribution in [1.82, 2.24) is 10.6 Å². The smallest absolute Gasteiger partial charge is 0.338 e. The number of nitrogens with one attached hydrogen (secondary N) is 2. The number of amides is 3. The summed E-state index contributed by atoms with van der Waals surface area (Å²) < 4.78 is 31.6. The second-order valence-electron chi connectivity index (χ2n) is 5.82. The van der Waals surface area contributed by atoms with Crippen LogP contribution in [0.2, 0.25) is 0 Å².